The molecule has 0 saturated heterocycles. The lowest BCUT2D eigenvalue weighted by molar-refractivity contribution is -0.00550. The predicted molar refractivity (Wildman–Crippen MR) is 58.3 cm³/mol. The maximum absolute atomic E-state index is 9.41. The Morgan fingerprint density at radius 1 is 1.31 bits per heavy atom. The molecule has 0 unspecified atom stereocenters. The summed E-state index contributed by atoms with van der Waals surface area (Å²) in [6.45, 7) is 0. The van der Waals surface area contributed by atoms with Crippen LogP contribution in [-0.2, 0) is 0 Å². The van der Waals surface area contributed by atoms with Gasteiger partial charge in [0.2, 0.25) is 0 Å². The smallest absolute Gasteiger partial charge is 0.129 e. The van der Waals surface area contributed by atoms with Crippen molar-refractivity contribution in [1.82, 2.24) is 0 Å². The molecule has 1 aliphatic carbocycles. The van der Waals surface area contributed by atoms with Crippen molar-refractivity contribution in [3.05, 3.63) is 23.8 Å². The van der Waals surface area contributed by atoms with Crippen LogP contribution in [0.2, 0.25) is 0 Å². The minimum atomic E-state index is -0.161. The molecule has 4 heteroatoms. The second-order valence-electron chi connectivity index (χ2n) is 4.54. The Bertz CT molecular complexity index is 463. The van der Waals surface area contributed by atoms with Crippen molar-refractivity contribution in [2.24, 2.45) is 5.16 Å². The van der Waals surface area contributed by atoms with Gasteiger partial charge in [-0.05, 0) is 37.5 Å². The van der Waals surface area contributed by atoms with Crippen molar-refractivity contribution in [2.45, 2.75) is 31.3 Å². The summed E-state index contributed by atoms with van der Waals surface area (Å²) < 4.78 is 5.94. The standard InChI is InChI=1S/C12H13NO3/c14-8-2-3-11-9(6-8)10(13-15)7-12(16-11)4-1-5-12/h2-3,6,14-15H,1,4-5,7H2. The summed E-state index contributed by atoms with van der Waals surface area (Å²) in [5, 5.41) is 21.8. The third kappa shape index (κ3) is 1.26. The van der Waals surface area contributed by atoms with Gasteiger partial charge in [-0.25, -0.2) is 0 Å². The van der Waals surface area contributed by atoms with Gasteiger partial charge in [-0.1, -0.05) is 5.16 Å². The quantitative estimate of drug-likeness (QED) is 0.519. The van der Waals surface area contributed by atoms with E-state index in [1.165, 1.54) is 0 Å². The second kappa shape index (κ2) is 3.14. The molecule has 0 atom stereocenters. The van der Waals surface area contributed by atoms with E-state index >= 15 is 0 Å². The number of nitrogens with zero attached hydrogens (tertiary/aromatic N) is 1. The van der Waals surface area contributed by atoms with Gasteiger partial charge in [0.25, 0.3) is 0 Å². The Balaban J connectivity index is 2.08. The molecule has 16 heavy (non-hydrogen) atoms. The van der Waals surface area contributed by atoms with E-state index in [1.807, 2.05) is 0 Å². The van der Waals surface area contributed by atoms with Crippen LogP contribution in [0.5, 0.6) is 11.5 Å². The molecule has 1 heterocycles. The number of rotatable bonds is 0. The van der Waals surface area contributed by atoms with E-state index in [0.717, 1.165) is 19.3 Å². The number of ether oxygens (including phenoxy) is 1. The van der Waals surface area contributed by atoms with Gasteiger partial charge in [0.05, 0.1) is 5.71 Å². The first kappa shape index (κ1) is 9.51. The first-order valence-corrected chi connectivity index (χ1v) is 5.46. The van der Waals surface area contributed by atoms with Gasteiger partial charge < -0.3 is 15.1 Å². The first-order chi connectivity index (χ1) is 7.72. The number of hydrogen-bond acceptors (Lipinski definition) is 4. The molecule has 0 bridgehead atoms. The van der Waals surface area contributed by atoms with E-state index < -0.39 is 0 Å². The first-order valence-electron chi connectivity index (χ1n) is 5.46. The van der Waals surface area contributed by atoms with Crippen LogP contribution in [0, 0.1) is 0 Å². The predicted octanol–water partition coefficient (Wildman–Crippen LogP) is 2.28. The zero-order valence-corrected chi connectivity index (χ0v) is 8.81. The molecule has 1 spiro atoms. The van der Waals surface area contributed by atoms with Gasteiger partial charge in [0.1, 0.15) is 17.1 Å². The molecule has 0 radical (unpaired) electrons. The van der Waals surface area contributed by atoms with Crippen LogP contribution in [-0.4, -0.2) is 21.6 Å². The zero-order valence-electron chi connectivity index (χ0n) is 8.81. The van der Waals surface area contributed by atoms with Crippen LogP contribution < -0.4 is 4.74 Å². The van der Waals surface area contributed by atoms with Crippen LogP contribution in [0.4, 0.5) is 0 Å². The monoisotopic (exact) mass is 219 g/mol. The Kier molecular flexibility index (Phi) is 1.87. The largest absolute Gasteiger partial charge is 0.508 e. The summed E-state index contributed by atoms with van der Waals surface area (Å²) in [7, 11) is 0. The van der Waals surface area contributed by atoms with E-state index in [-0.39, 0.29) is 11.4 Å². The second-order valence-corrected chi connectivity index (χ2v) is 4.54. The average molecular weight is 219 g/mol. The van der Waals surface area contributed by atoms with Crippen molar-refractivity contribution < 1.29 is 15.1 Å². The number of fused-ring (bicyclic) bond motifs is 1. The molecule has 0 aromatic heterocycles. The number of phenols is 1. The average Bonchev–Trinajstić information content (AvgIpc) is 2.25. The van der Waals surface area contributed by atoms with Crippen LogP contribution in [0.15, 0.2) is 23.4 Å². The van der Waals surface area contributed by atoms with Crippen molar-refractivity contribution in [3.8, 4) is 11.5 Å². The van der Waals surface area contributed by atoms with Gasteiger partial charge in [-0.15, -0.1) is 0 Å². The number of hydrogen-bond donors (Lipinski definition) is 2. The van der Waals surface area contributed by atoms with Gasteiger partial charge in [0, 0.05) is 12.0 Å². The van der Waals surface area contributed by atoms with Gasteiger partial charge >= 0.3 is 0 Å². The molecule has 4 nitrogen and oxygen atoms in total. The highest BCUT2D eigenvalue weighted by Crippen LogP contribution is 2.45. The molecule has 1 fully saturated rings. The fourth-order valence-corrected chi connectivity index (χ4v) is 2.44. The molecule has 2 N–H and O–H groups in total. The molecule has 0 amide bonds. The highest BCUT2D eigenvalue weighted by atomic mass is 16.5. The number of aromatic hydroxyl groups is 1. The summed E-state index contributed by atoms with van der Waals surface area (Å²) in [5.74, 6) is 0.865. The maximum Gasteiger partial charge on any atom is 0.129 e. The minimum absolute atomic E-state index is 0.160. The Labute approximate surface area is 93.2 Å². The molecule has 2 aliphatic rings. The zero-order chi connectivity index (χ0) is 11.2. The molecule has 3 rings (SSSR count). The summed E-state index contributed by atoms with van der Waals surface area (Å²) in [6.07, 6.45) is 3.80. The molecular weight excluding hydrogens is 206 g/mol. The number of oxime groups is 1. The fraction of sp³-hybridized carbons (Fsp3) is 0.417. The SMILES string of the molecule is ON=C1CC2(CCC2)Oc2ccc(O)cc21. The molecule has 1 saturated carbocycles. The minimum Gasteiger partial charge on any atom is -0.508 e. The third-order valence-corrected chi connectivity index (χ3v) is 3.48. The highest BCUT2D eigenvalue weighted by Gasteiger charge is 2.44. The summed E-state index contributed by atoms with van der Waals surface area (Å²) >= 11 is 0. The Morgan fingerprint density at radius 2 is 2.12 bits per heavy atom. The maximum atomic E-state index is 9.41. The van der Waals surface area contributed by atoms with Gasteiger partial charge in [0.15, 0.2) is 0 Å². The molecule has 1 aliphatic heterocycles. The molecular formula is C12H13NO3. The van der Waals surface area contributed by atoms with Gasteiger partial charge in [-0.3, -0.25) is 0 Å². The van der Waals surface area contributed by atoms with E-state index in [1.54, 1.807) is 18.2 Å². The van der Waals surface area contributed by atoms with Gasteiger partial charge in [-0.2, -0.15) is 0 Å². The van der Waals surface area contributed by atoms with E-state index in [0.29, 0.717) is 23.4 Å². The number of benzene rings is 1. The molecule has 84 valence electrons. The fourth-order valence-electron chi connectivity index (χ4n) is 2.44. The summed E-state index contributed by atoms with van der Waals surface area (Å²) in [6, 6.07) is 4.90. The van der Waals surface area contributed by atoms with E-state index in [9.17, 15) is 5.11 Å². The number of phenolic OH excluding ortho intramolecular Hbond substituents is 1. The van der Waals surface area contributed by atoms with Crippen LogP contribution in [0.3, 0.4) is 0 Å². The lowest BCUT2D eigenvalue weighted by Gasteiger charge is -2.45. The van der Waals surface area contributed by atoms with Crippen LogP contribution in [0.25, 0.3) is 0 Å². The van der Waals surface area contributed by atoms with Crippen molar-refractivity contribution in [3.63, 3.8) is 0 Å². The summed E-state index contributed by atoms with van der Waals surface area (Å²) in [4.78, 5) is 0. The summed E-state index contributed by atoms with van der Waals surface area (Å²) in [5.41, 5.74) is 1.14. The Hall–Kier alpha value is -1.71. The van der Waals surface area contributed by atoms with Crippen LogP contribution >= 0.6 is 0 Å². The van der Waals surface area contributed by atoms with Crippen molar-refractivity contribution in [2.75, 3.05) is 0 Å². The third-order valence-electron chi connectivity index (χ3n) is 3.48. The lowest BCUT2D eigenvalue weighted by Crippen LogP contribution is -2.47. The van der Waals surface area contributed by atoms with Crippen molar-refractivity contribution >= 4 is 5.71 Å². The van der Waals surface area contributed by atoms with Crippen LogP contribution in [0.1, 0.15) is 31.2 Å². The normalized spacial score (nSPS) is 23.6. The lowest BCUT2D eigenvalue weighted by atomic mass is 9.74. The molecule has 1 aromatic rings. The van der Waals surface area contributed by atoms with E-state index in [2.05, 4.69) is 5.16 Å². The van der Waals surface area contributed by atoms with E-state index in [4.69, 9.17) is 9.94 Å². The van der Waals surface area contributed by atoms with Crippen molar-refractivity contribution in [1.29, 1.82) is 0 Å². The Morgan fingerprint density at radius 3 is 2.75 bits per heavy atom. The highest BCUT2D eigenvalue weighted by molar-refractivity contribution is 6.04. The topological polar surface area (TPSA) is 62.1 Å². The molecule has 1 aromatic carbocycles.